The third-order valence-corrected chi connectivity index (χ3v) is 3.54. The zero-order valence-electron chi connectivity index (χ0n) is 9.86. The van der Waals surface area contributed by atoms with E-state index in [1.165, 1.54) is 18.2 Å². The fraction of sp³-hybridized carbons (Fsp3) is 0.0714. The maximum Gasteiger partial charge on any atom is 0.257 e. The number of hydrogen-bond acceptors (Lipinski definition) is 2. The molecule has 2 aromatic rings. The summed E-state index contributed by atoms with van der Waals surface area (Å²) in [5.41, 5.74) is 2.04. The van der Waals surface area contributed by atoms with Crippen LogP contribution < -0.4 is 5.32 Å². The van der Waals surface area contributed by atoms with E-state index in [0.29, 0.717) is 10.7 Å². The Morgan fingerprint density at radius 1 is 1.21 bits per heavy atom. The van der Waals surface area contributed by atoms with Gasteiger partial charge in [-0.2, -0.15) is 0 Å². The molecule has 0 fully saturated rings. The molecule has 5 heteroatoms. The molecule has 2 rings (SSSR count). The van der Waals surface area contributed by atoms with E-state index in [0.717, 1.165) is 10.9 Å². The molecule has 0 aromatic heterocycles. The highest BCUT2D eigenvalue weighted by Gasteiger charge is 2.11. The van der Waals surface area contributed by atoms with Crippen molar-refractivity contribution in [1.29, 1.82) is 0 Å². The third kappa shape index (κ3) is 3.49. The molecule has 2 N–H and O–H groups in total. The predicted octanol–water partition coefficient (Wildman–Crippen LogP) is 4.19. The van der Waals surface area contributed by atoms with Gasteiger partial charge in [0.05, 0.1) is 10.6 Å². The van der Waals surface area contributed by atoms with E-state index in [2.05, 4.69) is 21.2 Å². The normalized spacial score (nSPS) is 10.2. The molecule has 0 aliphatic rings. The smallest absolute Gasteiger partial charge is 0.257 e. The number of amides is 1. The Morgan fingerprint density at radius 2 is 1.89 bits per heavy atom. The minimum Gasteiger partial charge on any atom is -0.508 e. The van der Waals surface area contributed by atoms with Gasteiger partial charge in [0.1, 0.15) is 5.75 Å². The highest BCUT2D eigenvalue weighted by atomic mass is 79.9. The number of anilines is 1. The fourth-order valence-corrected chi connectivity index (χ4v) is 2.14. The number of phenols is 1. The first kappa shape index (κ1) is 13.9. The Bertz CT molecular complexity index is 599. The Hall–Kier alpha value is -1.52. The molecule has 0 radical (unpaired) electrons. The summed E-state index contributed by atoms with van der Waals surface area (Å²) in [4.78, 5) is 12.0. The maximum atomic E-state index is 12.0. The fourth-order valence-electron chi connectivity index (χ4n) is 1.56. The average Bonchev–Trinajstić information content (AvgIpc) is 2.42. The average molecular weight is 341 g/mol. The molecular formula is C14H11BrClNO2. The Kier molecular flexibility index (Phi) is 4.45. The summed E-state index contributed by atoms with van der Waals surface area (Å²) >= 11 is 9.28. The van der Waals surface area contributed by atoms with E-state index < -0.39 is 0 Å². The van der Waals surface area contributed by atoms with E-state index in [1.54, 1.807) is 0 Å². The van der Waals surface area contributed by atoms with Gasteiger partial charge in [-0.1, -0.05) is 39.7 Å². The first-order chi connectivity index (χ1) is 9.10. The quantitative estimate of drug-likeness (QED) is 0.823. The van der Waals surface area contributed by atoms with Crippen molar-refractivity contribution < 1.29 is 9.90 Å². The number of carbonyl (C=O) groups excluding carboxylic acids is 1. The van der Waals surface area contributed by atoms with E-state index >= 15 is 0 Å². The monoisotopic (exact) mass is 339 g/mol. The molecule has 0 unspecified atom stereocenters. The summed E-state index contributed by atoms with van der Waals surface area (Å²) < 4.78 is 0. The molecule has 19 heavy (non-hydrogen) atoms. The lowest BCUT2D eigenvalue weighted by Crippen LogP contribution is -2.12. The second-order valence-corrected chi connectivity index (χ2v) is 4.92. The van der Waals surface area contributed by atoms with Crippen LogP contribution in [0.5, 0.6) is 5.75 Å². The molecule has 0 bridgehead atoms. The first-order valence-electron chi connectivity index (χ1n) is 5.55. The summed E-state index contributed by atoms with van der Waals surface area (Å²) in [5.74, 6) is -0.350. The second kappa shape index (κ2) is 6.08. The van der Waals surface area contributed by atoms with Crippen molar-refractivity contribution >= 4 is 39.1 Å². The minimum atomic E-state index is -0.354. The van der Waals surface area contributed by atoms with Gasteiger partial charge in [0, 0.05) is 11.0 Å². The third-order valence-electron chi connectivity index (χ3n) is 2.56. The molecule has 0 spiro atoms. The van der Waals surface area contributed by atoms with Gasteiger partial charge in [-0.15, -0.1) is 0 Å². The molecule has 0 atom stereocenters. The number of benzene rings is 2. The van der Waals surface area contributed by atoms with Crippen LogP contribution in [0.15, 0.2) is 42.5 Å². The summed E-state index contributed by atoms with van der Waals surface area (Å²) in [6.07, 6.45) is 0. The van der Waals surface area contributed by atoms with Crippen molar-refractivity contribution in [1.82, 2.24) is 0 Å². The molecule has 0 heterocycles. The number of phenolic OH excluding ortho intramolecular Hbond substituents is 1. The highest BCUT2D eigenvalue weighted by molar-refractivity contribution is 9.08. The van der Waals surface area contributed by atoms with Gasteiger partial charge in [-0.05, 0) is 35.9 Å². The van der Waals surface area contributed by atoms with E-state index in [1.807, 2.05) is 24.3 Å². The lowest BCUT2D eigenvalue weighted by atomic mass is 10.2. The van der Waals surface area contributed by atoms with Gasteiger partial charge in [0.15, 0.2) is 0 Å². The minimum absolute atomic E-state index is 0.00388. The Morgan fingerprint density at radius 3 is 2.53 bits per heavy atom. The number of alkyl halides is 1. The molecule has 0 saturated heterocycles. The van der Waals surface area contributed by atoms with Gasteiger partial charge >= 0.3 is 0 Å². The van der Waals surface area contributed by atoms with Crippen LogP contribution in [0.3, 0.4) is 0 Å². The van der Waals surface area contributed by atoms with Crippen molar-refractivity contribution in [2.24, 2.45) is 0 Å². The zero-order valence-corrected chi connectivity index (χ0v) is 12.2. The number of aromatic hydroxyl groups is 1. The summed E-state index contributed by atoms with van der Waals surface area (Å²) in [7, 11) is 0. The van der Waals surface area contributed by atoms with Gasteiger partial charge in [-0.3, -0.25) is 4.79 Å². The SMILES string of the molecule is O=C(Nc1ccc(CBr)cc1)c1cc(O)ccc1Cl. The zero-order chi connectivity index (χ0) is 13.8. The second-order valence-electron chi connectivity index (χ2n) is 3.95. The number of rotatable bonds is 3. The van der Waals surface area contributed by atoms with E-state index in [-0.39, 0.29) is 17.2 Å². The van der Waals surface area contributed by atoms with Crippen LogP contribution in [0.2, 0.25) is 5.02 Å². The summed E-state index contributed by atoms with van der Waals surface area (Å²) in [5, 5.41) is 13.2. The largest absolute Gasteiger partial charge is 0.508 e. The van der Waals surface area contributed by atoms with Crippen LogP contribution in [0.4, 0.5) is 5.69 Å². The van der Waals surface area contributed by atoms with Crippen molar-refractivity contribution in [2.75, 3.05) is 5.32 Å². The van der Waals surface area contributed by atoms with Crippen molar-refractivity contribution in [2.45, 2.75) is 5.33 Å². The van der Waals surface area contributed by atoms with E-state index in [4.69, 9.17) is 11.6 Å². The molecule has 2 aromatic carbocycles. The van der Waals surface area contributed by atoms with E-state index in [9.17, 15) is 9.90 Å². The maximum absolute atomic E-state index is 12.0. The number of halogens is 2. The lowest BCUT2D eigenvalue weighted by Gasteiger charge is -2.07. The van der Waals surface area contributed by atoms with Crippen LogP contribution in [0.25, 0.3) is 0 Å². The molecular weight excluding hydrogens is 330 g/mol. The van der Waals surface area contributed by atoms with Crippen molar-refractivity contribution in [3.8, 4) is 5.75 Å². The summed E-state index contributed by atoms with van der Waals surface area (Å²) in [6.45, 7) is 0. The van der Waals surface area contributed by atoms with Crippen LogP contribution in [-0.2, 0) is 5.33 Å². The molecule has 0 saturated carbocycles. The number of carbonyl (C=O) groups is 1. The molecule has 3 nitrogen and oxygen atoms in total. The van der Waals surface area contributed by atoms with Gasteiger partial charge < -0.3 is 10.4 Å². The number of hydrogen-bond donors (Lipinski definition) is 2. The van der Waals surface area contributed by atoms with Gasteiger partial charge in [0.25, 0.3) is 5.91 Å². The van der Waals surface area contributed by atoms with Crippen molar-refractivity contribution in [3.05, 3.63) is 58.6 Å². The number of nitrogens with one attached hydrogen (secondary N) is 1. The lowest BCUT2D eigenvalue weighted by molar-refractivity contribution is 0.102. The van der Waals surface area contributed by atoms with Crippen LogP contribution >= 0.6 is 27.5 Å². The summed E-state index contributed by atoms with van der Waals surface area (Å²) in [6, 6.07) is 11.7. The Balaban J connectivity index is 2.18. The first-order valence-corrected chi connectivity index (χ1v) is 7.05. The van der Waals surface area contributed by atoms with Crippen LogP contribution in [0, 0.1) is 0 Å². The highest BCUT2D eigenvalue weighted by Crippen LogP contribution is 2.22. The molecule has 98 valence electrons. The molecule has 0 aliphatic carbocycles. The van der Waals surface area contributed by atoms with Crippen LogP contribution in [-0.4, -0.2) is 11.0 Å². The van der Waals surface area contributed by atoms with Gasteiger partial charge in [0.2, 0.25) is 0 Å². The standard InChI is InChI=1S/C14H11BrClNO2/c15-8-9-1-3-10(4-2-9)17-14(19)12-7-11(18)5-6-13(12)16/h1-7,18H,8H2,(H,17,19). The van der Waals surface area contributed by atoms with Crippen LogP contribution in [0.1, 0.15) is 15.9 Å². The van der Waals surface area contributed by atoms with Crippen molar-refractivity contribution in [3.63, 3.8) is 0 Å². The predicted molar refractivity (Wildman–Crippen MR) is 80.1 cm³/mol. The van der Waals surface area contributed by atoms with Gasteiger partial charge in [-0.25, -0.2) is 0 Å². The Labute approximate surface area is 124 Å². The molecule has 1 amide bonds. The molecule has 0 aliphatic heterocycles. The topological polar surface area (TPSA) is 49.3 Å².